The van der Waals surface area contributed by atoms with Gasteiger partial charge in [-0.15, -0.1) is 0 Å². The molecular formula is C23H28BrN3O2. The third-order valence-corrected chi connectivity index (χ3v) is 5.57. The molecule has 1 aliphatic rings. The van der Waals surface area contributed by atoms with Gasteiger partial charge < -0.3 is 15.5 Å². The molecule has 154 valence electrons. The quantitative estimate of drug-likeness (QED) is 0.681. The Morgan fingerprint density at radius 3 is 2.48 bits per heavy atom. The molecule has 0 saturated carbocycles. The van der Waals surface area contributed by atoms with Gasteiger partial charge in [0.15, 0.2) is 0 Å². The molecule has 5 nitrogen and oxygen atoms in total. The van der Waals surface area contributed by atoms with E-state index in [9.17, 15) is 9.59 Å². The number of rotatable bonds is 6. The minimum absolute atomic E-state index is 0.0284. The summed E-state index contributed by atoms with van der Waals surface area (Å²) in [5, 5.41) is 6.15. The third kappa shape index (κ3) is 5.82. The van der Waals surface area contributed by atoms with Crippen molar-refractivity contribution in [3.05, 3.63) is 64.1 Å². The molecule has 2 N–H and O–H groups in total. The Morgan fingerprint density at radius 1 is 1.07 bits per heavy atom. The Balaban J connectivity index is 1.59. The van der Waals surface area contributed by atoms with Gasteiger partial charge in [-0.3, -0.25) is 9.59 Å². The van der Waals surface area contributed by atoms with Crippen LogP contribution in [0.15, 0.2) is 53.0 Å². The van der Waals surface area contributed by atoms with Crippen LogP contribution < -0.4 is 15.5 Å². The normalized spacial score (nSPS) is 14.7. The number of para-hydroxylation sites is 1. The van der Waals surface area contributed by atoms with Crippen molar-refractivity contribution in [1.82, 2.24) is 10.6 Å². The van der Waals surface area contributed by atoms with Crippen LogP contribution in [0.2, 0.25) is 0 Å². The number of carbonyl (C=O) groups is 2. The summed E-state index contributed by atoms with van der Waals surface area (Å²) < 4.78 is 0.896. The van der Waals surface area contributed by atoms with Crippen molar-refractivity contribution in [2.45, 2.75) is 32.7 Å². The van der Waals surface area contributed by atoms with Crippen molar-refractivity contribution in [2.24, 2.45) is 5.92 Å². The Kier molecular flexibility index (Phi) is 7.31. The van der Waals surface area contributed by atoms with Crippen LogP contribution >= 0.6 is 15.9 Å². The Bertz CT molecular complexity index is 861. The van der Waals surface area contributed by atoms with Crippen LogP contribution in [0, 0.1) is 5.92 Å². The second kappa shape index (κ2) is 9.92. The van der Waals surface area contributed by atoms with Crippen LogP contribution in [-0.4, -0.2) is 37.5 Å². The SMILES string of the molecule is CC(C)CNC(=O)c1ccccc1N1CCC(NC(=O)c2cccc(Br)c2)CC1. The number of carbonyl (C=O) groups excluding carboxylic acids is 2. The van der Waals surface area contributed by atoms with Gasteiger partial charge in [0, 0.05) is 41.4 Å². The maximum atomic E-state index is 12.6. The van der Waals surface area contributed by atoms with Gasteiger partial charge in [-0.05, 0) is 49.1 Å². The number of benzene rings is 2. The average molecular weight is 458 g/mol. The smallest absolute Gasteiger partial charge is 0.253 e. The van der Waals surface area contributed by atoms with Gasteiger partial charge in [-0.2, -0.15) is 0 Å². The highest BCUT2D eigenvalue weighted by atomic mass is 79.9. The van der Waals surface area contributed by atoms with Crippen LogP contribution in [0.1, 0.15) is 47.4 Å². The van der Waals surface area contributed by atoms with Gasteiger partial charge in [0.2, 0.25) is 0 Å². The Hall–Kier alpha value is -2.34. The fraction of sp³-hybridized carbons (Fsp3) is 0.391. The molecule has 2 amide bonds. The van der Waals surface area contributed by atoms with E-state index in [1.54, 1.807) is 0 Å². The van der Waals surface area contributed by atoms with Crippen molar-refractivity contribution in [1.29, 1.82) is 0 Å². The summed E-state index contributed by atoms with van der Waals surface area (Å²) >= 11 is 3.41. The van der Waals surface area contributed by atoms with Gasteiger partial charge in [-0.1, -0.05) is 48.0 Å². The van der Waals surface area contributed by atoms with Gasteiger partial charge in [0.1, 0.15) is 0 Å². The van der Waals surface area contributed by atoms with E-state index in [1.807, 2.05) is 48.5 Å². The van der Waals surface area contributed by atoms with Crippen LogP contribution in [0.4, 0.5) is 5.69 Å². The van der Waals surface area contributed by atoms with Crippen molar-refractivity contribution >= 4 is 33.4 Å². The molecule has 0 aromatic heterocycles. The molecule has 0 spiro atoms. The van der Waals surface area contributed by atoms with Gasteiger partial charge in [-0.25, -0.2) is 0 Å². The Morgan fingerprint density at radius 2 is 1.79 bits per heavy atom. The molecule has 0 unspecified atom stereocenters. The molecule has 2 aromatic rings. The number of anilines is 1. The lowest BCUT2D eigenvalue weighted by molar-refractivity contribution is 0.0929. The van der Waals surface area contributed by atoms with E-state index in [4.69, 9.17) is 0 Å². The molecular weight excluding hydrogens is 430 g/mol. The minimum Gasteiger partial charge on any atom is -0.371 e. The topological polar surface area (TPSA) is 61.4 Å². The number of amides is 2. The number of piperidine rings is 1. The van der Waals surface area contributed by atoms with E-state index in [1.165, 1.54) is 0 Å². The van der Waals surface area contributed by atoms with Gasteiger partial charge in [0.25, 0.3) is 11.8 Å². The summed E-state index contributed by atoms with van der Waals surface area (Å²) in [5.74, 6) is 0.341. The minimum atomic E-state index is -0.0433. The van der Waals surface area contributed by atoms with E-state index in [-0.39, 0.29) is 17.9 Å². The van der Waals surface area contributed by atoms with E-state index >= 15 is 0 Å². The van der Waals surface area contributed by atoms with Crippen LogP contribution in [0.25, 0.3) is 0 Å². The predicted octanol–water partition coefficient (Wildman–Crippen LogP) is 4.23. The summed E-state index contributed by atoms with van der Waals surface area (Å²) in [4.78, 5) is 27.3. The molecule has 3 rings (SSSR count). The lowest BCUT2D eigenvalue weighted by Crippen LogP contribution is -2.45. The summed E-state index contributed by atoms with van der Waals surface area (Å²) in [5.41, 5.74) is 2.34. The predicted molar refractivity (Wildman–Crippen MR) is 120 cm³/mol. The largest absolute Gasteiger partial charge is 0.371 e. The zero-order valence-corrected chi connectivity index (χ0v) is 18.5. The summed E-state index contributed by atoms with van der Waals surface area (Å²) in [6.07, 6.45) is 1.70. The van der Waals surface area contributed by atoms with Crippen LogP contribution in [-0.2, 0) is 0 Å². The number of halogens is 1. The Labute approximate surface area is 181 Å². The van der Waals surface area contributed by atoms with Crippen molar-refractivity contribution < 1.29 is 9.59 Å². The molecule has 1 fully saturated rings. The molecule has 1 aliphatic heterocycles. The van der Waals surface area contributed by atoms with E-state index < -0.39 is 0 Å². The zero-order valence-electron chi connectivity index (χ0n) is 17.0. The number of nitrogens with zero attached hydrogens (tertiary/aromatic N) is 1. The highest BCUT2D eigenvalue weighted by Crippen LogP contribution is 2.24. The first kappa shape index (κ1) is 21.4. The van der Waals surface area contributed by atoms with Gasteiger partial charge >= 0.3 is 0 Å². The van der Waals surface area contributed by atoms with Crippen LogP contribution in [0.3, 0.4) is 0 Å². The van der Waals surface area contributed by atoms with E-state index in [2.05, 4.69) is 45.3 Å². The first-order valence-corrected chi connectivity index (χ1v) is 10.9. The lowest BCUT2D eigenvalue weighted by Gasteiger charge is -2.35. The molecule has 0 bridgehead atoms. The third-order valence-electron chi connectivity index (χ3n) is 5.08. The molecule has 29 heavy (non-hydrogen) atoms. The van der Waals surface area contributed by atoms with E-state index in [0.29, 0.717) is 23.6 Å². The average Bonchev–Trinajstić information content (AvgIpc) is 2.72. The summed E-state index contributed by atoms with van der Waals surface area (Å²) in [6.45, 7) is 6.44. The zero-order chi connectivity index (χ0) is 20.8. The van der Waals surface area contributed by atoms with Crippen molar-refractivity contribution in [3.63, 3.8) is 0 Å². The maximum absolute atomic E-state index is 12.6. The summed E-state index contributed by atoms with van der Waals surface area (Å²) in [6, 6.07) is 15.3. The molecule has 0 radical (unpaired) electrons. The highest BCUT2D eigenvalue weighted by Gasteiger charge is 2.24. The highest BCUT2D eigenvalue weighted by molar-refractivity contribution is 9.10. The fourth-order valence-electron chi connectivity index (χ4n) is 3.50. The second-order valence-corrected chi connectivity index (χ2v) is 8.78. The lowest BCUT2D eigenvalue weighted by atomic mass is 10.0. The number of hydrogen-bond acceptors (Lipinski definition) is 3. The monoisotopic (exact) mass is 457 g/mol. The molecule has 6 heteroatoms. The van der Waals surface area contributed by atoms with Crippen molar-refractivity contribution in [3.8, 4) is 0 Å². The van der Waals surface area contributed by atoms with Gasteiger partial charge in [0.05, 0.1) is 5.56 Å². The second-order valence-electron chi connectivity index (χ2n) is 7.87. The summed E-state index contributed by atoms with van der Waals surface area (Å²) in [7, 11) is 0. The molecule has 0 atom stereocenters. The molecule has 1 heterocycles. The molecule has 2 aromatic carbocycles. The van der Waals surface area contributed by atoms with Crippen molar-refractivity contribution in [2.75, 3.05) is 24.5 Å². The standard InChI is InChI=1S/C23H28BrN3O2/c1-16(2)15-25-23(29)20-8-3-4-9-21(20)27-12-10-19(11-13-27)26-22(28)17-6-5-7-18(24)14-17/h3-9,14,16,19H,10-13,15H2,1-2H3,(H,25,29)(H,26,28). The first-order valence-electron chi connectivity index (χ1n) is 10.1. The molecule has 0 aliphatic carbocycles. The number of nitrogens with one attached hydrogen (secondary N) is 2. The van der Waals surface area contributed by atoms with Crippen LogP contribution in [0.5, 0.6) is 0 Å². The van der Waals surface area contributed by atoms with E-state index in [0.717, 1.165) is 36.1 Å². The maximum Gasteiger partial charge on any atom is 0.253 e. The fourth-order valence-corrected chi connectivity index (χ4v) is 3.90. The number of hydrogen-bond donors (Lipinski definition) is 2. The first-order chi connectivity index (χ1) is 13.9. The molecule has 1 saturated heterocycles.